The monoisotopic (exact) mass is 1040 g/mol. The van der Waals surface area contributed by atoms with Crippen molar-refractivity contribution in [1.29, 1.82) is 0 Å². The van der Waals surface area contributed by atoms with Crippen molar-refractivity contribution in [3.05, 3.63) is 172 Å². The van der Waals surface area contributed by atoms with Crippen LogP contribution < -0.4 is 16.0 Å². The van der Waals surface area contributed by atoms with Gasteiger partial charge >= 0.3 is 11.9 Å². The van der Waals surface area contributed by atoms with E-state index in [0.29, 0.717) is 11.3 Å². The highest BCUT2D eigenvalue weighted by Crippen LogP contribution is 2.45. The summed E-state index contributed by atoms with van der Waals surface area (Å²) in [5, 5.41) is 9.50. The van der Waals surface area contributed by atoms with Gasteiger partial charge in [-0.3, -0.25) is 9.59 Å². The van der Waals surface area contributed by atoms with Crippen molar-refractivity contribution in [3.63, 3.8) is 0 Å². The number of nitrogens with one attached hydrogen (secondary N) is 3. The molecule has 7 heterocycles. The van der Waals surface area contributed by atoms with E-state index in [1.165, 1.54) is 11.1 Å². The van der Waals surface area contributed by atoms with Gasteiger partial charge in [0.05, 0.1) is 23.3 Å². The Balaban J connectivity index is 0.000000201. The van der Waals surface area contributed by atoms with Crippen molar-refractivity contribution in [2.24, 2.45) is 0 Å². The second kappa shape index (κ2) is 32.5. The molecule has 3 spiro atoms. The molecule has 3 N–H and O–H groups in total. The number of Topliss-reactive ketones (excluding diaryl/α,β-unsaturated/α-hetero) is 1. The van der Waals surface area contributed by atoms with E-state index in [0.717, 1.165) is 138 Å². The lowest BCUT2D eigenvalue weighted by Gasteiger charge is -2.36. The third-order valence-corrected chi connectivity index (χ3v) is 14.1. The van der Waals surface area contributed by atoms with Gasteiger partial charge in [-0.15, -0.1) is 0 Å². The molecule has 4 fully saturated rings. The molecule has 76 heavy (non-hydrogen) atoms. The van der Waals surface area contributed by atoms with E-state index in [1.807, 2.05) is 159 Å². The number of piperidine rings is 4. The Hall–Kier alpha value is -6.02. The van der Waals surface area contributed by atoms with Crippen LogP contribution in [-0.4, -0.2) is 99.9 Å². The standard InChI is InChI=1S/C13H15NO2.C13H11NO.C12H13NO2.C12H15NO.C6H11NO.4C2H6/c1-14-8-6-13(7-9-14)11-5-3-2-4-10(11)12(15)16-13;15-13(11-7-3-1-4-8-11)14-12-9-5-2-6-10-12;14-11-9-3-1-2-4-10(9)12(15-11)5-7-13-8-6-12;1-2-4-11-10(3-1)9-14-12(11)5-7-13-8-6-12;1-7-4-2-6(8)3-5-7;4*1-2/h2-5H,6-9H2,1H3;1-10H,(H,14,15);1-4,13H,5-8H2;1-4,13H,5-9H2;2-5H2,1H3;4*1-2H3. The fourth-order valence-electron chi connectivity index (χ4n) is 10.1. The van der Waals surface area contributed by atoms with Gasteiger partial charge in [0.2, 0.25) is 0 Å². The first-order chi connectivity index (χ1) is 37.1. The highest BCUT2D eigenvalue weighted by Gasteiger charge is 2.47. The van der Waals surface area contributed by atoms with Crippen LogP contribution in [0.15, 0.2) is 133 Å². The number of ketones is 1. The summed E-state index contributed by atoms with van der Waals surface area (Å²) in [7, 11) is 4.15. The van der Waals surface area contributed by atoms with E-state index in [4.69, 9.17) is 14.2 Å². The van der Waals surface area contributed by atoms with E-state index in [9.17, 15) is 19.2 Å². The van der Waals surface area contributed by atoms with Crippen LogP contribution in [0, 0.1) is 0 Å². The first kappa shape index (κ1) is 62.5. The summed E-state index contributed by atoms with van der Waals surface area (Å²) >= 11 is 0. The number of anilines is 1. The van der Waals surface area contributed by atoms with Gasteiger partial charge in [0.15, 0.2) is 0 Å². The molecule has 12 nitrogen and oxygen atoms in total. The second-order valence-corrected chi connectivity index (χ2v) is 18.6. The van der Waals surface area contributed by atoms with E-state index >= 15 is 0 Å². The molecular formula is C64H89N5O7. The molecular weight excluding hydrogens is 951 g/mol. The summed E-state index contributed by atoms with van der Waals surface area (Å²) in [4.78, 5) is 50.2. The normalized spacial score (nSPS) is 18.4. The predicted molar refractivity (Wildman–Crippen MR) is 309 cm³/mol. The molecule has 5 aromatic rings. The molecule has 0 saturated carbocycles. The van der Waals surface area contributed by atoms with Crippen LogP contribution >= 0.6 is 0 Å². The van der Waals surface area contributed by atoms with Crippen molar-refractivity contribution >= 4 is 29.3 Å². The fourth-order valence-corrected chi connectivity index (χ4v) is 10.1. The van der Waals surface area contributed by atoms with Crippen molar-refractivity contribution < 1.29 is 33.4 Å². The van der Waals surface area contributed by atoms with Gasteiger partial charge in [0.25, 0.3) is 5.91 Å². The quantitative estimate of drug-likeness (QED) is 0.146. The number of esters is 2. The minimum atomic E-state index is -0.334. The SMILES string of the molecule is CC.CC.CC.CC.CN1CCC(=O)CC1.CN1CCC2(CC1)OC(=O)c1ccccc12.O=C(Nc1ccccc1)c1ccccc1.O=C1OC2(CCNCC2)c2ccccc21.c1ccc2c(c1)COC21CCNCC1. The number of nitrogens with zero attached hydrogens (tertiary/aromatic N) is 2. The Kier molecular flexibility index (Phi) is 26.8. The lowest BCUT2D eigenvalue weighted by molar-refractivity contribution is -0.121. The summed E-state index contributed by atoms with van der Waals surface area (Å²) < 4.78 is 17.2. The van der Waals surface area contributed by atoms with Gasteiger partial charge in [0, 0.05) is 87.1 Å². The van der Waals surface area contributed by atoms with E-state index < -0.39 is 0 Å². The first-order valence-corrected chi connectivity index (χ1v) is 28.2. The van der Waals surface area contributed by atoms with E-state index in [2.05, 4.69) is 57.1 Å². The Morgan fingerprint density at radius 1 is 0.474 bits per heavy atom. The maximum Gasteiger partial charge on any atom is 0.339 e. The molecule has 12 rings (SSSR count). The Morgan fingerprint density at radius 3 is 1.36 bits per heavy atom. The van der Waals surface area contributed by atoms with E-state index in [1.54, 1.807) is 12.1 Å². The number of hydrogen-bond donors (Lipinski definition) is 3. The molecule has 7 aliphatic heterocycles. The van der Waals surface area contributed by atoms with Gasteiger partial charge in [-0.2, -0.15) is 0 Å². The Labute approximate surface area is 455 Å². The molecule has 0 aromatic heterocycles. The molecule has 0 bridgehead atoms. The first-order valence-electron chi connectivity index (χ1n) is 28.2. The predicted octanol–water partition coefficient (Wildman–Crippen LogP) is 12.3. The fraction of sp³-hybridized carbons (Fsp3) is 0.469. The summed E-state index contributed by atoms with van der Waals surface area (Å²) in [6.07, 6.45) is 7.34. The smallest absolute Gasteiger partial charge is 0.339 e. The van der Waals surface area contributed by atoms with Crippen molar-refractivity contribution in [2.75, 3.05) is 71.8 Å². The molecule has 5 aromatic carbocycles. The van der Waals surface area contributed by atoms with Gasteiger partial charge in [-0.25, -0.2) is 9.59 Å². The van der Waals surface area contributed by atoms with Crippen LogP contribution in [0.5, 0.6) is 0 Å². The number of carbonyl (C=O) groups excluding carboxylic acids is 4. The molecule has 7 aliphatic rings. The summed E-state index contributed by atoms with van der Waals surface area (Å²) in [6.45, 7) is 24.7. The third-order valence-electron chi connectivity index (χ3n) is 14.1. The summed E-state index contributed by atoms with van der Waals surface area (Å²) in [6, 6.07) is 42.7. The topological polar surface area (TPSA) is 139 Å². The molecule has 0 atom stereocenters. The zero-order valence-electron chi connectivity index (χ0n) is 47.5. The van der Waals surface area contributed by atoms with Gasteiger partial charge in [-0.05, 0) is 101 Å². The van der Waals surface area contributed by atoms with Crippen molar-refractivity contribution in [2.45, 2.75) is 130 Å². The molecule has 1 amide bonds. The highest BCUT2D eigenvalue weighted by atomic mass is 16.6. The van der Waals surface area contributed by atoms with Crippen LogP contribution in [0.3, 0.4) is 0 Å². The summed E-state index contributed by atoms with van der Waals surface area (Å²) in [5.41, 5.74) is 7.35. The molecule has 0 radical (unpaired) electrons. The Morgan fingerprint density at radius 2 is 0.868 bits per heavy atom. The lowest BCUT2D eigenvalue weighted by Crippen LogP contribution is -2.40. The minimum absolute atomic E-state index is 0.0435. The number of rotatable bonds is 2. The van der Waals surface area contributed by atoms with E-state index in [-0.39, 0.29) is 34.6 Å². The molecule has 412 valence electrons. The number of carbonyl (C=O) groups is 4. The molecule has 0 unspecified atom stereocenters. The maximum atomic E-state index is 11.8. The maximum absolute atomic E-state index is 11.8. The lowest BCUT2D eigenvalue weighted by atomic mass is 9.84. The van der Waals surface area contributed by atoms with Crippen LogP contribution in [0.1, 0.15) is 160 Å². The molecule has 4 saturated heterocycles. The molecule has 0 aliphatic carbocycles. The zero-order valence-corrected chi connectivity index (χ0v) is 47.5. The Bertz CT molecular complexity index is 2480. The number of amides is 1. The average molecular weight is 1040 g/mol. The van der Waals surface area contributed by atoms with Gasteiger partial charge < -0.3 is 40.0 Å². The number of benzene rings is 5. The second-order valence-electron chi connectivity index (χ2n) is 18.6. The van der Waals surface area contributed by atoms with Crippen LogP contribution in [-0.2, 0) is 42.4 Å². The number of fused-ring (bicyclic) bond motifs is 6. The third kappa shape index (κ3) is 16.7. The van der Waals surface area contributed by atoms with Crippen molar-refractivity contribution in [3.8, 4) is 0 Å². The average Bonchev–Trinajstić information content (AvgIpc) is 4.09. The molecule has 12 heteroatoms. The van der Waals surface area contributed by atoms with Crippen molar-refractivity contribution in [1.82, 2.24) is 20.4 Å². The zero-order chi connectivity index (χ0) is 55.4. The minimum Gasteiger partial charge on any atom is -0.450 e. The largest absolute Gasteiger partial charge is 0.450 e. The van der Waals surface area contributed by atoms with Gasteiger partial charge in [0.1, 0.15) is 17.0 Å². The number of likely N-dealkylation sites (tertiary alicyclic amines) is 2. The van der Waals surface area contributed by atoms with Crippen LogP contribution in [0.25, 0.3) is 0 Å². The highest BCUT2D eigenvalue weighted by molar-refractivity contribution is 6.04. The number of hydrogen-bond acceptors (Lipinski definition) is 11. The van der Waals surface area contributed by atoms with Gasteiger partial charge in [-0.1, -0.05) is 152 Å². The van der Waals surface area contributed by atoms with Crippen LogP contribution in [0.4, 0.5) is 5.69 Å². The van der Waals surface area contributed by atoms with Crippen LogP contribution in [0.2, 0.25) is 0 Å². The number of para-hydroxylation sites is 1. The summed E-state index contributed by atoms with van der Waals surface area (Å²) in [5.74, 6) is 0.0255. The number of ether oxygens (including phenoxy) is 3.